The first-order valence-corrected chi connectivity index (χ1v) is 7.96. The van der Waals surface area contributed by atoms with Gasteiger partial charge in [0.1, 0.15) is 6.54 Å². The molecule has 2 rings (SSSR count). The van der Waals surface area contributed by atoms with E-state index >= 15 is 0 Å². The van der Waals surface area contributed by atoms with Crippen molar-refractivity contribution in [3.63, 3.8) is 0 Å². The molecule has 0 aromatic heterocycles. The van der Waals surface area contributed by atoms with Crippen molar-refractivity contribution in [3.05, 3.63) is 65.7 Å². The minimum absolute atomic E-state index is 0.299. The van der Waals surface area contributed by atoms with Gasteiger partial charge in [-0.25, -0.2) is 0 Å². The number of esters is 1. The highest BCUT2D eigenvalue weighted by Crippen LogP contribution is 2.09. The van der Waals surface area contributed by atoms with Crippen LogP contribution in [0.15, 0.2) is 54.6 Å². The van der Waals surface area contributed by atoms with E-state index in [1.807, 2.05) is 19.1 Å². The predicted octanol–water partition coefficient (Wildman–Crippen LogP) is 2.16. The molecule has 2 aromatic carbocycles. The van der Waals surface area contributed by atoms with Gasteiger partial charge in [-0.2, -0.15) is 0 Å². The van der Waals surface area contributed by atoms with Gasteiger partial charge in [0.15, 0.2) is 6.61 Å². The highest BCUT2D eigenvalue weighted by molar-refractivity contribution is 5.96. The fraction of sp³-hybridized carbons (Fsp3) is 0.211. The summed E-state index contributed by atoms with van der Waals surface area (Å²) in [6.45, 7) is 1.34. The van der Waals surface area contributed by atoms with Gasteiger partial charge >= 0.3 is 5.97 Å². The lowest BCUT2D eigenvalue weighted by atomic mass is 10.1. The van der Waals surface area contributed by atoms with Gasteiger partial charge in [0.05, 0.1) is 0 Å². The van der Waals surface area contributed by atoms with Crippen molar-refractivity contribution >= 4 is 23.5 Å². The lowest BCUT2D eigenvalue weighted by Crippen LogP contribution is -2.32. The number of anilines is 1. The summed E-state index contributed by atoms with van der Waals surface area (Å²) in [5.41, 5.74) is 2.25. The van der Waals surface area contributed by atoms with Gasteiger partial charge in [-0.05, 0) is 36.2 Å². The Morgan fingerprint density at radius 3 is 2.28 bits per heavy atom. The third-order valence-electron chi connectivity index (χ3n) is 3.44. The van der Waals surface area contributed by atoms with Crippen molar-refractivity contribution in [1.29, 1.82) is 0 Å². The van der Waals surface area contributed by atoms with E-state index in [-0.39, 0.29) is 12.5 Å². The summed E-state index contributed by atoms with van der Waals surface area (Å²) in [5, 5.41) is 5.08. The van der Waals surface area contributed by atoms with Crippen molar-refractivity contribution < 1.29 is 19.1 Å². The molecule has 2 aromatic rings. The third kappa shape index (κ3) is 6.10. The first-order valence-electron chi connectivity index (χ1n) is 7.96. The van der Waals surface area contributed by atoms with E-state index in [1.54, 1.807) is 42.5 Å². The van der Waals surface area contributed by atoms with Crippen LogP contribution in [0.1, 0.15) is 22.8 Å². The summed E-state index contributed by atoms with van der Waals surface area (Å²) in [5.74, 6) is -1.49. The van der Waals surface area contributed by atoms with Crippen molar-refractivity contribution in [2.24, 2.45) is 0 Å². The van der Waals surface area contributed by atoms with Crippen LogP contribution >= 0.6 is 0 Å². The molecule has 130 valence electrons. The molecule has 6 heteroatoms. The number of nitrogens with one attached hydrogen (secondary N) is 2. The normalized spacial score (nSPS) is 9.96. The van der Waals surface area contributed by atoms with Crippen LogP contribution in [0.5, 0.6) is 0 Å². The SMILES string of the molecule is CCc1ccc(NC(=O)COC(=O)CNC(=O)c2ccccc2)cc1. The molecule has 0 aliphatic heterocycles. The first-order chi connectivity index (χ1) is 12.1. The zero-order valence-corrected chi connectivity index (χ0v) is 14.0. The summed E-state index contributed by atoms with van der Waals surface area (Å²) >= 11 is 0. The molecule has 0 saturated carbocycles. The Balaban J connectivity index is 1.70. The Hall–Kier alpha value is -3.15. The monoisotopic (exact) mass is 340 g/mol. The number of carbonyl (C=O) groups is 3. The zero-order chi connectivity index (χ0) is 18.1. The van der Waals surface area contributed by atoms with E-state index in [9.17, 15) is 14.4 Å². The first kappa shape index (κ1) is 18.2. The maximum atomic E-state index is 11.8. The average molecular weight is 340 g/mol. The quantitative estimate of drug-likeness (QED) is 0.757. The summed E-state index contributed by atoms with van der Waals surface area (Å²) in [6.07, 6.45) is 0.917. The van der Waals surface area contributed by atoms with Crippen LogP contribution in [0.4, 0.5) is 5.69 Å². The second-order valence-corrected chi connectivity index (χ2v) is 5.31. The smallest absolute Gasteiger partial charge is 0.325 e. The predicted molar refractivity (Wildman–Crippen MR) is 94.2 cm³/mol. The second kappa shape index (κ2) is 9.22. The lowest BCUT2D eigenvalue weighted by Gasteiger charge is -2.08. The zero-order valence-electron chi connectivity index (χ0n) is 14.0. The van der Waals surface area contributed by atoms with Gasteiger partial charge < -0.3 is 15.4 Å². The van der Waals surface area contributed by atoms with E-state index in [0.717, 1.165) is 6.42 Å². The number of aryl methyl sites for hydroxylation is 1. The Kier molecular flexibility index (Phi) is 6.71. The molecular formula is C19H20N2O4. The minimum Gasteiger partial charge on any atom is -0.454 e. The molecule has 0 saturated heterocycles. The molecule has 2 amide bonds. The van der Waals surface area contributed by atoms with Gasteiger partial charge in [-0.1, -0.05) is 37.3 Å². The van der Waals surface area contributed by atoms with Crippen LogP contribution in [-0.2, 0) is 20.7 Å². The Labute approximate surface area is 146 Å². The summed E-state index contributed by atoms with van der Waals surface area (Å²) < 4.78 is 4.84. The van der Waals surface area contributed by atoms with Gasteiger partial charge in [0.2, 0.25) is 0 Å². The minimum atomic E-state index is -0.680. The van der Waals surface area contributed by atoms with Crippen LogP contribution in [-0.4, -0.2) is 30.9 Å². The standard InChI is InChI=1S/C19H20N2O4/c1-2-14-8-10-16(11-9-14)21-17(22)13-25-18(23)12-20-19(24)15-6-4-3-5-7-15/h3-11H,2,12-13H2,1H3,(H,20,24)(H,21,22). The Bertz CT molecular complexity index is 727. The molecule has 0 bridgehead atoms. The lowest BCUT2D eigenvalue weighted by molar-refractivity contribution is -0.146. The summed E-state index contributed by atoms with van der Waals surface area (Å²) in [7, 11) is 0. The number of amides is 2. The average Bonchev–Trinajstić information content (AvgIpc) is 2.65. The molecule has 0 radical (unpaired) electrons. The van der Waals surface area contributed by atoms with Gasteiger partial charge in [-0.15, -0.1) is 0 Å². The van der Waals surface area contributed by atoms with Crippen molar-refractivity contribution in [1.82, 2.24) is 5.32 Å². The Morgan fingerprint density at radius 2 is 1.64 bits per heavy atom. The molecule has 0 heterocycles. The van der Waals surface area contributed by atoms with E-state index in [2.05, 4.69) is 10.6 Å². The largest absolute Gasteiger partial charge is 0.454 e. The molecule has 0 fully saturated rings. The van der Waals surface area contributed by atoms with Crippen LogP contribution in [0.2, 0.25) is 0 Å². The summed E-state index contributed by atoms with van der Waals surface area (Å²) in [4.78, 5) is 35.1. The summed E-state index contributed by atoms with van der Waals surface area (Å²) in [6, 6.07) is 15.9. The van der Waals surface area contributed by atoms with Crippen LogP contribution < -0.4 is 10.6 Å². The van der Waals surface area contributed by atoms with Gasteiger partial charge in [-0.3, -0.25) is 14.4 Å². The van der Waals surface area contributed by atoms with E-state index in [1.165, 1.54) is 5.56 Å². The molecule has 6 nitrogen and oxygen atoms in total. The molecule has 0 aliphatic rings. The number of rotatable bonds is 7. The molecule has 0 spiro atoms. The second-order valence-electron chi connectivity index (χ2n) is 5.31. The number of hydrogen-bond donors (Lipinski definition) is 2. The van der Waals surface area contributed by atoms with E-state index in [4.69, 9.17) is 4.74 Å². The fourth-order valence-corrected chi connectivity index (χ4v) is 2.06. The van der Waals surface area contributed by atoms with Crippen molar-refractivity contribution in [3.8, 4) is 0 Å². The van der Waals surface area contributed by atoms with Crippen LogP contribution in [0.25, 0.3) is 0 Å². The third-order valence-corrected chi connectivity index (χ3v) is 3.44. The van der Waals surface area contributed by atoms with Gasteiger partial charge in [0.25, 0.3) is 11.8 Å². The maximum Gasteiger partial charge on any atom is 0.325 e. The number of carbonyl (C=O) groups excluding carboxylic acids is 3. The van der Waals surface area contributed by atoms with Crippen LogP contribution in [0, 0.1) is 0 Å². The van der Waals surface area contributed by atoms with Crippen LogP contribution in [0.3, 0.4) is 0 Å². The molecule has 0 aliphatic carbocycles. The molecule has 2 N–H and O–H groups in total. The number of hydrogen-bond acceptors (Lipinski definition) is 4. The highest BCUT2D eigenvalue weighted by Gasteiger charge is 2.10. The molecule has 25 heavy (non-hydrogen) atoms. The van der Waals surface area contributed by atoms with Crippen molar-refractivity contribution in [2.75, 3.05) is 18.5 Å². The van der Waals surface area contributed by atoms with E-state index < -0.39 is 18.5 Å². The van der Waals surface area contributed by atoms with Crippen molar-refractivity contribution in [2.45, 2.75) is 13.3 Å². The maximum absolute atomic E-state index is 11.8. The molecular weight excluding hydrogens is 320 g/mol. The topological polar surface area (TPSA) is 84.5 Å². The fourth-order valence-electron chi connectivity index (χ4n) is 2.06. The number of benzene rings is 2. The van der Waals surface area contributed by atoms with Gasteiger partial charge in [0, 0.05) is 11.3 Å². The molecule has 0 atom stereocenters. The number of ether oxygens (including phenoxy) is 1. The molecule has 0 unspecified atom stereocenters. The van der Waals surface area contributed by atoms with E-state index in [0.29, 0.717) is 11.3 Å². The Morgan fingerprint density at radius 1 is 0.960 bits per heavy atom. The highest BCUT2D eigenvalue weighted by atomic mass is 16.5.